The van der Waals surface area contributed by atoms with Gasteiger partial charge in [0.1, 0.15) is 6.29 Å². The molecule has 0 bridgehead atoms. The molecule has 1 atom stereocenters. The number of carbonyl (C=O) groups excluding carboxylic acids is 1. The minimum absolute atomic E-state index is 0.506. The zero-order chi connectivity index (χ0) is 7.56. The molecule has 0 heterocycles. The van der Waals surface area contributed by atoms with Gasteiger partial charge in [-0.3, -0.25) is 4.79 Å². The summed E-state index contributed by atoms with van der Waals surface area (Å²) in [4.78, 5) is 10.5. The second-order valence-electron chi connectivity index (χ2n) is 3.15. The predicted octanol–water partition coefficient (Wildman–Crippen LogP) is 2.32. The molecular formula is C9H14O. The van der Waals surface area contributed by atoms with Gasteiger partial charge in [-0.2, -0.15) is 0 Å². The molecule has 0 fully saturated rings. The summed E-state index contributed by atoms with van der Waals surface area (Å²) in [6.45, 7) is 4.20. The molecule has 0 aromatic heterocycles. The van der Waals surface area contributed by atoms with E-state index in [1.54, 1.807) is 0 Å². The van der Waals surface area contributed by atoms with E-state index >= 15 is 0 Å². The number of allylic oxidation sites excluding steroid dienone is 2. The normalized spacial score (nSPS) is 26.8. The standard InChI is InChI=1S/C9H14O/c1-7-4-3-5-8(2)9(7)6-10/h6-7H,3-5H2,1-2H3. The molecule has 0 radical (unpaired) electrons. The molecule has 1 rings (SSSR count). The minimum Gasteiger partial charge on any atom is -0.298 e. The van der Waals surface area contributed by atoms with Crippen molar-refractivity contribution in [3.8, 4) is 0 Å². The lowest BCUT2D eigenvalue weighted by atomic mass is 9.85. The molecule has 0 spiro atoms. The van der Waals surface area contributed by atoms with E-state index in [1.807, 2.05) is 0 Å². The van der Waals surface area contributed by atoms with Crippen molar-refractivity contribution in [2.45, 2.75) is 33.1 Å². The van der Waals surface area contributed by atoms with E-state index in [-0.39, 0.29) is 0 Å². The van der Waals surface area contributed by atoms with E-state index in [0.717, 1.165) is 18.3 Å². The van der Waals surface area contributed by atoms with Crippen molar-refractivity contribution >= 4 is 6.29 Å². The minimum atomic E-state index is 0.506. The van der Waals surface area contributed by atoms with Crippen LogP contribution >= 0.6 is 0 Å². The highest BCUT2D eigenvalue weighted by Crippen LogP contribution is 2.27. The summed E-state index contributed by atoms with van der Waals surface area (Å²) >= 11 is 0. The Balaban J connectivity index is 2.83. The first-order chi connectivity index (χ1) is 4.75. The van der Waals surface area contributed by atoms with Crippen molar-refractivity contribution in [3.63, 3.8) is 0 Å². The molecule has 10 heavy (non-hydrogen) atoms. The van der Waals surface area contributed by atoms with E-state index < -0.39 is 0 Å². The van der Waals surface area contributed by atoms with Gasteiger partial charge >= 0.3 is 0 Å². The Bertz CT molecular complexity index is 168. The monoisotopic (exact) mass is 138 g/mol. The van der Waals surface area contributed by atoms with Gasteiger partial charge < -0.3 is 0 Å². The van der Waals surface area contributed by atoms with Crippen molar-refractivity contribution in [2.24, 2.45) is 5.92 Å². The van der Waals surface area contributed by atoms with E-state index in [1.165, 1.54) is 18.4 Å². The quantitative estimate of drug-likeness (QED) is 0.508. The molecule has 0 aromatic rings. The molecule has 0 aromatic carbocycles. The van der Waals surface area contributed by atoms with Crippen molar-refractivity contribution in [3.05, 3.63) is 11.1 Å². The maximum Gasteiger partial charge on any atom is 0.146 e. The highest BCUT2D eigenvalue weighted by Gasteiger charge is 2.15. The Morgan fingerprint density at radius 3 is 2.70 bits per heavy atom. The van der Waals surface area contributed by atoms with Crippen LogP contribution in [0.3, 0.4) is 0 Å². The van der Waals surface area contributed by atoms with Crippen LogP contribution in [0.2, 0.25) is 0 Å². The third-order valence-electron chi connectivity index (χ3n) is 2.34. The van der Waals surface area contributed by atoms with Gasteiger partial charge in [-0.15, -0.1) is 0 Å². The molecule has 1 heteroatoms. The molecule has 1 unspecified atom stereocenters. The molecule has 1 aliphatic carbocycles. The van der Waals surface area contributed by atoms with Crippen LogP contribution in [-0.2, 0) is 4.79 Å². The molecule has 1 aliphatic rings. The molecule has 0 N–H and O–H groups in total. The SMILES string of the molecule is CC1=C(C=O)C(C)CCC1. The molecule has 0 saturated carbocycles. The highest BCUT2D eigenvalue weighted by atomic mass is 16.1. The van der Waals surface area contributed by atoms with Gasteiger partial charge in [-0.05, 0) is 37.7 Å². The number of hydrogen-bond donors (Lipinski definition) is 0. The Hall–Kier alpha value is -0.590. The topological polar surface area (TPSA) is 17.1 Å². The van der Waals surface area contributed by atoms with Gasteiger partial charge in [0, 0.05) is 0 Å². The number of hydrogen-bond acceptors (Lipinski definition) is 1. The number of aldehydes is 1. The van der Waals surface area contributed by atoms with Gasteiger partial charge in [0.05, 0.1) is 0 Å². The van der Waals surface area contributed by atoms with Crippen LogP contribution in [-0.4, -0.2) is 6.29 Å². The average Bonchev–Trinajstić information content (AvgIpc) is 1.88. The molecule has 56 valence electrons. The van der Waals surface area contributed by atoms with Crippen LogP contribution < -0.4 is 0 Å². The summed E-state index contributed by atoms with van der Waals surface area (Å²) in [5.41, 5.74) is 2.35. The fourth-order valence-electron chi connectivity index (χ4n) is 1.61. The lowest BCUT2D eigenvalue weighted by molar-refractivity contribution is -0.105. The Labute approximate surface area is 62.1 Å². The summed E-state index contributed by atoms with van der Waals surface area (Å²) < 4.78 is 0. The van der Waals surface area contributed by atoms with Crippen LogP contribution in [0, 0.1) is 5.92 Å². The van der Waals surface area contributed by atoms with E-state index in [9.17, 15) is 4.79 Å². The summed E-state index contributed by atoms with van der Waals surface area (Å²) in [6, 6.07) is 0. The fraction of sp³-hybridized carbons (Fsp3) is 0.667. The van der Waals surface area contributed by atoms with Crippen LogP contribution in [0.25, 0.3) is 0 Å². The Kier molecular flexibility index (Phi) is 2.25. The zero-order valence-electron chi connectivity index (χ0n) is 6.68. The zero-order valence-corrected chi connectivity index (χ0v) is 6.68. The number of carbonyl (C=O) groups is 1. The van der Waals surface area contributed by atoms with Crippen LogP contribution in [0.1, 0.15) is 33.1 Å². The summed E-state index contributed by atoms with van der Waals surface area (Å²) in [6.07, 6.45) is 4.59. The largest absolute Gasteiger partial charge is 0.298 e. The molecule has 0 aliphatic heterocycles. The fourth-order valence-corrected chi connectivity index (χ4v) is 1.61. The van der Waals surface area contributed by atoms with Gasteiger partial charge in [-0.25, -0.2) is 0 Å². The number of rotatable bonds is 1. The van der Waals surface area contributed by atoms with Crippen molar-refractivity contribution < 1.29 is 4.79 Å². The van der Waals surface area contributed by atoms with Crippen molar-refractivity contribution in [1.82, 2.24) is 0 Å². The van der Waals surface area contributed by atoms with Crippen molar-refractivity contribution in [2.75, 3.05) is 0 Å². The van der Waals surface area contributed by atoms with Crippen LogP contribution in [0.15, 0.2) is 11.1 Å². The molecule has 0 amide bonds. The maximum absolute atomic E-state index is 10.5. The lowest BCUT2D eigenvalue weighted by Crippen LogP contribution is -2.08. The average molecular weight is 138 g/mol. The lowest BCUT2D eigenvalue weighted by Gasteiger charge is -2.19. The second-order valence-corrected chi connectivity index (χ2v) is 3.15. The van der Waals surface area contributed by atoms with Gasteiger partial charge in [0.25, 0.3) is 0 Å². The maximum atomic E-state index is 10.5. The highest BCUT2D eigenvalue weighted by molar-refractivity contribution is 5.75. The van der Waals surface area contributed by atoms with Crippen LogP contribution in [0.4, 0.5) is 0 Å². The summed E-state index contributed by atoms with van der Waals surface area (Å²) in [5, 5.41) is 0. The third kappa shape index (κ3) is 1.28. The predicted molar refractivity (Wildman–Crippen MR) is 41.8 cm³/mol. The Morgan fingerprint density at radius 1 is 1.60 bits per heavy atom. The van der Waals surface area contributed by atoms with Gasteiger partial charge in [0.2, 0.25) is 0 Å². The Morgan fingerprint density at radius 2 is 2.30 bits per heavy atom. The molecule has 0 saturated heterocycles. The summed E-state index contributed by atoms with van der Waals surface area (Å²) in [5.74, 6) is 0.506. The second kappa shape index (κ2) is 3.00. The molecular weight excluding hydrogens is 124 g/mol. The van der Waals surface area contributed by atoms with Gasteiger partial charge in [0.15, 0.2) is 0 Å². The van der Waals surface area contributed by atoms with E-state index in [2.05, 4.69) is 13.8 Å². The molecule has 1 nitrogen and oxygen atoms in total. The van der Waals surface area contributed by atoms with Crippen molar-refractivity contribution in [1.29, 1.82) is 0 Å². The first kappa shape index (κ1) is 7.52. The van der Waals surface area contributed by atoms with E-state index in [0.29, 0.717) is 5.92 Å². The van der Waals surface area contributed by atoms with Gasteiger partial charge in [-0.1, -0.05) is 12.5 Å². The first-order valence-electron chi connectivity index (χ1n) is 3.90. The van der Waals surface area contributed by atoms with E-state index in [4.69, 9.17) is 0 Å². The third-order valence-corrected chi connectivity index (χ3v) is 2.34. The first-order valence-corrected chi connectivity index (χ1v) is 3.90. The summed E-state index contributed by atoms with van der Waals surface area (Å²) in [7, 11) is 0. The van der Waals surface area contributed by atoms with Crippen LogP contribution in [0.5, 0.6) is 0 Å². The smallest absolute Gasteiger partial charge is 0.146 e.